The van der Waals surface area contributed by atoms with Crippen molar-refractivity contribution in [3.05, 3.63) is 40.5 Å². The third-order valence-corrected chi connectivity index (χ3v) is 6.64. The first-order valence-electron chi connectivity index (χ1n) is 9.87. The van der Waals surface area contributed by atoms with Crippen molar-refractivity contribution in [2.24, 2.45) is 5.92 Å². The van der Waals surface area contributed by atoms with E-state index in [2.05, 4.69) is 20.2 Å². The average molecular weight is 495 g/mol. The molecule has 1 aliphatic rings. The summed E-state index contributed by atoms with van der Waals surface area (Å²) >= 11 is 5.52. The molecule has 0 saturated heterocycles. The molecule has 1 aromatic heterocycles. The molecular formula is C19H22ClF3N4O4S. The summed E-state index contributed by atoms with van der Waals surface area (Å²) in [5.41, 5.74) is -1.26. The van der Waals surface area contributed by atoms with Crippen LogP contribution >= 0.6 is 11.6 Å². The van der Waals surface area contributed by atoms with E-state index in [1.165, 1.54) is 0 Å². The fraction of sp³-hybridized carbons (Fsp3) is 0.526. The molecule has 0 spiro atoms. The molecule has 13 heteroatoms. The van der Waals surface area contributed by atoms with Gasteiger partial charge in [-0.3, -0.25) is 4.79 Å². The zero-order valence-electron chi connectivity index (χ0n) is 17.2. The summed E-state index contributed by atoms with van der Waals surface area (Å²) in [6.45, 7) is 3.39. The molecule has 2 N–H and O–H groups in total. The predicted octanol–water partition coefficient (Wildman–Crippen LogP) is 3.80. The van der Waals surface area contributed by atoms with Gasteiger partial charge in [0, 0.05) is 18.9 Å². The number of nitrogens with one attached hydrogen (secondary N) is 2. The van der Waals surface area contributed by atoms with Crippen molar-refractivity contribution in [3.63, 3.8) is 0 Å². The van der Waals surface area contributed by atoms with Gasteiger partial charge in [0.25, 0.3) is 0 Å². The summed E-state index contributed by atoms with van der Waals surface area (Å²) in [5.74, 6) is 0.615. The highest BCUT2D eigenvalue weighted by atomic mass is 35.5. The highest BCUT2D eigenvalue weighted by Gasteiger charge is 2.35. The number of amides is 1. The Morgan fingerprint density at radius 3 is 2.59 bits per heavy atom. The molecule has 1 heterocycles. The second kappa shape index (κ2) is 9.36. The van der Waals surface area contributed by atoms with Gasteiger partial charge in [0.15, 0.2) is 5.82 Å². The number of halogens is 4. The summed E-state index contributed by atoms with van der Waals surface area (Å²) in [6.07, 6.45) is -3.06. The fourth-order valence-electron chi connectivity index (χ4n) is 2.91. The summed E-state index contributed by atoms with van der Waals surface area (Å²) in [6, 6.07) is 1.72. The second-order valence-electron chi connectivity index (χ2n) is 7.84. The predicted molar refractivity (Wildman–Crippen MR) is 108 cm³/mol. The highest BCUT2D eigenvalue weighted by molar-refractivity contribution is 7.89. The lowest BCUT2D eigenvalue weighted by molar-refractivity contribution is -0.137. The molecule has 32 heavy (non-hydrogen) atoms. The topological polar surface area (TPSA) is 114 Å². The normalized spacial score (nSPS) is 15.7. The van der Waals surface area contributed by atoms with Crippen LogP contribution in [0.5, 0.6) is 0 Å². The zero-order valence-corrected chi connectivity index (χ0v) is 18.8. The standard InChI is InChI=1S/C19H22ClF3N4O4S/c1-10(2)16(18-26-17(27-31-18)11-3-4-11)25-15(28)7-8-24-32(29,30)12-5-6-14(20)13(9-12)19(21,22)23/h5-6,9-11,16,24H,3-4,7-8H2,1-2H3,(H,25,28). The first-order valence-corrected chi connectivity index (χ1v) is 11.7. The van der Waals surface area contributed by atoms with E-state index in [0.717, 1.165) is 25.0 Å². The lowest BCUT2D eigenvalue weighted by Gasteiger charge is -2.18. The molecule has 1 saturated carbocycles. The maximum Gasteiger partial charge on any atom is 0.417 e. The Hall–Kier alpha value is -2.18. The van der Waals surface area contributed by atoms with Crippen LogP contribution in [0.3, 0.4) is 0 Å². The largest absolute Gasteiger partial charge is 0.417 e. The minimum atomic E-state index is -4.80. The van der Waals surface area contributed by atoms with Gasteiger partial charge in [0.2, 0.25) is 21.8 Å². The number of carbonyl (C=O) groups is 1. The molecule has 0 bridgehead atoms. The number of nitrogens with zero attached hydrogens (tertiary/aromatic N) is 2. The lowest BCUT2D eigenvalue weighted by Crippen LogP contribution is -2.35. The Balaban J connectivity index is 1.59. The Labute approximate surface area is 188 Å². The van der Waals surface area contributed by atoms with E-state index in [4.69, 9.17) is 16.1 Å². The minimum absolute atomic E-state index is 0.0713. The monoisotopic (exact) mass is 494 g/mol. The number of alkyl halides is 3. The van der Waals surface area contributed by atoms with Crippen LogP contribution in [-0.4, -0.2) is 31.0 Å². The van der Waals surface area contributed by atoms with Crippen LogP contribution in [0.2, 0.25) is 5.02 Å². The molecule has 2 aromatic rings. The molecular weight excluding hydrogens is 473 g/mol. The van der Waals surface area contributed by atoms with Crippen LogP contribution < -0.4 is 10.0 Å². The second-order valence-corrected chi connectivity index (χ2v) is 10.0. The Morgan fingerprint density at radius 1 is 1.31 bits per heavy atom. The summed E-state index contributed by atoms with van der Waals surface area (Å²) in [7, 11) is -4.28. The molecule has 1 amide bonds. The van der Waals surface area contributed by atoms with E-state index in [1.54, 1.807) is 0 Å². The van der Waals surface area contributed by atoms with Gasteiger partial charge in [-0.15, -0.1) is 0 Å². The fourth-order valence-corrected chi connectivity index (χ4v) is 4.19. The van der Waals surface area contributed by atoms with Crippen molar-refractivity contribution in [2.45, 2.75) is 56.1 Å². The molecule has 1 aliphatic carbocycles. The molecule has 1 aromatic carbocycles. The van der Waals surface area contributed by atoms with Crippen molar-refractivity contribution in [3.8, 4) is 0 Å². The van der Waals surface area contributed by atoms with Crippen LogP contribution in [-0.2, 0) is 21.0 Å². The van der Waals surface area contributed by atoms with Gasteiger partial charge in [0.05, 0.1) is 15.5 Å². The number of benzene rings is 1. The van der Waals surface area contributed by atoms with E-state index in [9.17, 15) is 26.4 Å². The first-order chi connectivity index (χ1) is 14.9. The van der Waals surface area contributed by atoms with E-state index in [0.29, 0.717) is 11.9 Å². The number of hydrogen-bond acceptors (Lipinski definition) is 6. The Bertz CT molecular complexity index is 1080. The van der Waals surface area contributed by atoms with Gasteiger partial charge < -0.3 is 9.84 Å². The first kappa shape index (κ1) is 24.5. The maximum atomic E-state index is 13.0. The van der Waals surface area contributed by atoms with Crippen LogP contribution in [0, 0.1) is 5.92 Å². The third kappa shape index (κ3) is 5.99. The van der Waals surface area contributed by atoms with Crippen molar-refractivity contribution >= 4 is 27.5 Å². The molecule has 0 radical (unpaired) electrons. The lowest BCUT2D eigenvalue weighted by atomic mass is 10.0. The molecule has 8 nitrogen and oxygen atoms in total. The van der Waals surface area contributed by atoms with Crippen LogP contribution in [0.25, 0.3) is 0 Å². The molecule has 1 fully saturated rings. The van der Waals surface area contributed by atoms with Gasteiger partial charge in [0.1, 0.15) is 6.04 Å². The number of aromatic nitrogens is 2. The molecule has 1 unspecified atom stereocenters. The number of hydrogen-bond donors (Lipinski definition) is 2. The maximum absolute atomic E-state index is 13.0. The highest BCUT2D eigenvalue weighted by Crippen LogP contribution is 2.39. The van der Waals surface area contributed by atoms with Gasteiger partial charge >= 0.3 is 6.18 Å². The van der Waals surface area contributed by atoms with E-state index >= 15 is 0 Å². The molecule has 3 rings (SSSR count). The van der Waals surface area contributed by atoms with Crippen LogP contribution in [0.15, 0.2) is 27.6 Å². The minimum Gasteiger partial charge on any atom is -0.344 e. The van der Waals surface area contributed by atoms with Gasteiger partial charge in [-0.05, 0) is 37.0 Å². The molecule has 0 aliphatic heterocycles. The Morgan fingerprint density at radius 2 is 2.00 bits per heavy atom. The van der Waals surface area contributed by atoms with Crippen molar-refractivity contribution in [1.29, 1.82) is 0 Å². The Kier molecular flexibility index (Phi) is 7.15. The van der Waals surface area contributed by atoms with Gasteiger partial charge in [-0.25, -0.2) is 13.1 Å². The van der Waals surface area contributed by atoms with E-state index in [-0.39, 0.29) is 30.7 Å². The summed E-state index contributed by atoms with van der Waals surface area (Å²) < 4.78 is 71.0. The SMILES string of the molecule is CC(C)C(NC(=O)CCNS(=O)(=O)c1ccc(Cl)c(C(F)(F)F)c1)c1nc(C2CC2)no1. The number of sulfonamides is 1. The van der Waals surface area contributed by atoms with Crippen molar-refractivity contribution in [2.75, 3.05) is 6.54 Å². The van der Waals surface area contributed by atoms with Crippen LogP contribution in [0.4, 0.5) is 13.2 Å². The smallest absolute Gasteiger partial charge is 0.344 e. The quantitative estimate of drug-likeness (QED) is 0.548. The molecule has 176 valence electrons. The van der Waals surface area contributed by atoms with E-state index < -0.39 is 43.6 Å². The van der Waals surface area contributed by atoms with Crippen LogP contribution in [0.1, 0.15) is 62.3 Å². The zero-order chi connectivity index (χ0) is 23.7. The summed E-state index contributed by atoms with van der Waals surface area (Å²) in [5, 5.41) is 6.05. The van der Waals surface area contributed by atoms with E-state index in [1.807, 2.05) is 13.8 Å². The molecule has 1 atom stereocenters. The van der Waals surface area contributed by atoms with Crippen molar-refractivity contribution in [1.82, 2.24) is 20.2 Å². The van der Waals surface area contributed by atoms with Gasteiger partial charge in [-0.1, -0.05) is 30.6 Å². The summed E-state index contributed by atoms with van der Waals surface area (Å²) in [4.78, 5) is 16.1. The average Bonchev–Trinajstić information content (AvgIpc) is 3.42. The number of rotatable bonds is 9. The van der Waals surface area contributed by atoms with Crippen molar-refractivity contribution < 1.29 is 30.9 Å². The number of carbonyl (C=O) groups excluding carboxylic acids is 1. The van der Waals surface area contributed by atoms with Gasteiger partial charge in [-0.2, -0.15) is 18.2 Å². The third-order valence-electron chi connectivity index (χ3n) is 4.85.